The average Bonchev–Trinajstić information content (AvgIpc) is 2.99. The lowest BCUT2D eigenvalue weighted by Crippen LogP contribution is -2.45. The quantitative estimate of drug-likeness (QED) is 0.0371. The number of alkyl halides is 2. The van der Waals surface area contributed by atoms with Crippen molar-refractivity contribution in [2.75, 3.05) is 13.2 Å². The fourth-order valence-corrected chi connectivity index (χ4v) is 4.69. The SMILES string of the molecule is CCCCCCCCCCCCCCCCCC(=O)OCC(=O)OC[C@@H](NC(=O)C(Cl)Cl)[C@H](O)c1ccc([N+](=O)[O-])cc1. The lowest BCUT2D eigenvalue weighted by molar-refractivity contribution is -0.384. The van der Waals surface area contributed by atoms with E-state index in [1.54, 1.807) is 0 Å². The molecule has 0 aliphatic rings. The van der Waals surface area contributed by atoms with Crippen LogP contribution >= 0.6 is 23.2 Å². The summed E-state index contributed by atoms with van der Waals surface area (Å²) >= 11 is 11.2. The molecule has 0 saturated heterocycles. The molecule has 1 amide bonds. The highest BCUT2D eigenvalue weighted by atomic mass is 35.5. The summed E-state index contributed by atoms with van der Waals surface area (Å²) in [6, 6.07) is 3.82. The minimum Gasteiger partial charge on any atom is -0.461 e. The van der Waals surface area contributed by atoms with Crippen molar-refractivity contribution in [2.45, 2.75) is 127 Å². The van der Waals surface area contributed by atoms with Gasteiger partial charge in [-0.2, -0.15) is 0 Å². The maximum Gasteiger partial charge on any atom is 0.344 e. The number of hydrogen-bond acceptors (Lipinski definition) is 8. The van der Waals surface area contributed by atoms with E-state index in [1.807, 2.05) is 0 Å². The van der Waals surface area contributed by atoms with Crippen molar-refractivity contribution < 1.29 is 33.9 Å². The van der Waals surface area contributed by atoms with Gasteiger partial charge in [0, 0.05) is 18.6 Å². The maximum absolute atomic E-state index is 12.1. The normalized spacial score (nSPS) is 12.5. The third-order valence-corrected chi connectivity index (χ3v) is 7.51. The van der Waals surface area contributed by atoms with Crippen molar-refractivity contribution in [1.82, 2.24) is 5.32 Å². The van der Waals surface area contributed by atoms with Crippen LogP contribution in [0.5, 0.6) is 0 Å². The second-order valence-electron chi connectivity index (χ2n) is 10.8. The largest absolute Gasteiger partial charge is 0.461 e. The number of aliphatic hydroxyl groups excluding tert-OH is 1. The first-order valence-corrected chi connectivity index (χ1v) is 16.3. The van der Waals surface area contributed by atoms with Crippen LogP contribution in [0.1, 0.15) is 121 Å². The summed E-state index contributed by atoms with van der Waals surface area (Å²) in [6.45, 7) is 1.14. The molecule has 10 nitrogen and oxygen atoms in total. The number of benzene rings is 1. The van der Waals surface area contributed by atoms with Crippen LogP contribution in [0.25, 0.3) is 0 Å². The molecular formula is C31H48Cl2N2O8. The Balaban J connectivity index is 2.23. The van der Waals surface area contributed by atoms with Crippen molar-refractivity contribution in [1.29, 1.82) is 0 Å². The summed E-state index contributed by atoms with van der Waals surface area (Å²) < 4.78 is 10.1. The minimum atomic E-state index is -1.44. The molecule has 0 heterocycles. The molecular weight excluding hydrogens is 599 g/mol. The zero-order valence-corrected chi connectivity index (χ0v) is 26.8. The lowest BCUT2D eigenvalue weighted by Gasteiger charge is -2.24. The second kappa shape index (κ2) is 24.0. The third-order valence-electron chi connectivity index (χ3n) is 7.11. The summed E-state index contributed by atoms with van der Waals surface area (Å²) in [5, 5.41) is 23.9. The summed E-state index contributed by atoms with van der Waals surface area (Å²) in [5.74, 6) is -2.21. The molecule has 0 unspecified atom stereocenters. The van der Waals surface area contributed by atoms with Crippen LogP contribution < -0.4 is 5.32 Å². The van der Waals surface area contributed by atoms with E-state index < -0.39 is 53.0 Å². The van der Waals surface area contributed by atoms with Crippen molar-refractivity contribution in [3.05, 3.63) is 39.9 Å². The predicted molar refractivity (Wildman–Crippen MR) is 167 cm³/mol. The first-order valence-electron chi connectivity index (χ1n) is 15.5. The van der Waals surface area contributed by atoms with E-state index in [2.05, 4.69) is 12.2 Å². The molecule has 2 N–H and O–H groups in total. The van der Waals surface area contributed by atoms with Gasteiger partial charge in [0.25, 0.3) is 11.6 Å². The van der Waals surface area contributed by atoms with Gasteiger partial charge in [-0.3, -0.25) is 19.7 Å². The highest BCUT2D eigenvalue weighted by molar-refractivity contribution is 6.53. The number of aliphatic hydroxyl groups is 1. The van der Waals surface area contributed by atoms with Crippen LogP contribution in [0.3, 0.4) is 0 Å². The van der Waals surface area contributed by atoms with Gasteiger partial charge in [0.15, 0.2) is 11.4 Å². The Morgan fingerprint density at radius 3 is 1.77 bits per heavy atom. The first-order chi connectivity index (χ1) is 20.6. The Kier molecular flexibility index (Phi) is 21.5. The number of non-ortho nitro benzene ring substituents is 1. The minimum absolute atomic E-state index is 0.185. The zero-order valence-electron chi connectivity index (χ0n) is 25.3. The monoisotopic (exact) mass is 646 g/mol. The zero-order chi connectivity index (χ0) is 31.9. The molecule has 0 fully saturated rings. The van der Waals surface area contributed by atoms with Gasteiger partial charge in [0.1, 0.15) is 12.7 Å². The van der Waals surface area contributed by atoms with Crippen molar-refractivity contribution in [3.63, 3.8) is 0 Å². The maximum atomic E-state index is 12.1. The van der Waals surface area contributed by atoms with E-state index in [4.69, 9.17) is 32.7 Å². The Morgan fingerprint density at radius 1 is 0.814 bits per heavy atom. The summed E-state index contributed by atoms with van der Waals surface area (Å²) in [4.78, 5) is 45.0. The Labute approximate surface area is 265 Å². The molecule has 12 heteroatoms. The molecule has 1 rings (SSSR count). The van der Waals surface area contributed by atoms with Crippen LogP contribution in [-0.4, -0.2) is 52.0 Å². The Morgan fingerprint density at radius 2 is 1.30 bits per heavy atom. The molecule has 2 atom stereocenters. The van der Waals surface area contributed by atoms with Gasteiger partial charge in [0.05, 0.1) is 11.0 Å². The molecule has 0 spiro atoms. The summed E-state index contributed by atoms with van der Waals surface area (Å²) in [7, 11) is 0. The number of carbonyl (C=O) groups excluding carboxylic acids is 3. The van der Waals surface area contributed by atoms with Gasteiger partial charge in [-0.25, -0.2) is 4.79 Å². The summed E-state index contributed by atoms with van der Waals surface area (Å²) in [6.07, 6.45) is 17.1. The van der Waals surface area contributed by atoms with E-state index >= 15 is 0 Å². The van der Waals surface area contributed by atoms with Gasteiger partial charge >= 0.3 is 11.9 Å². The van der Waals surface area contributed by atoms with Crippen LogP contribution in [-0.2, 0) is 23.9 Å². The molecule has 0 bridgehead atoms. The number of halogens is 2. The average molecular weight is 648 g/mol. The molecule has 244 valence electrons. The number of rotatable bonds is 25. The number of hydrogen-bond donors (Lipinski definition) is 2. The Hall–Kier alpha value is -2.43. The van der Waals surface area contributed by atoms with Gasteiger partial charge in [0.2, 0.25) is 0 Å². The number of carbonyl (C=O) groups is 3. The number of nitro benzene ring substituents is 1. The highest BCUT2D eigenvalue weighted by Gasteiger charge is 2.27. The van der Waals surface area contributed by atoms with Crippen molar-refractivity contribution >= 4 is 46.7 Å². The predicted octanol–water partition coefficient (Wildman–Crippen LogP) is 7.26. The lowest BCUT2D eigenvalue weighted by atomic mass is 10.0. The third kappa shape index (κ3) is 18.8. The van der Waals surface area contributed by atoms with Gasteiger partial charge in [-0.15, -0.1) is 0 Å². The van der Waals surface area contributed by atoms with Gasteiger partial charge < -0.3 is 19.9 Å². The van der Waals surface area contributed by atoms with E-state index in [-0.39, 0.29) is 17.7 Å². The number of unbranched alkanes of at least 4 members (excludes halogenated alkanes) is 14. The number of esters is 2. The van der Waals surface area contributed by atoms with Gasteiger partial charge in [-0.1, -0.05) is 120 Å². The van der Waals surface area contributed by atoms with E-state index in [0.29, 0.717) is 6.42 Å². The highest BCUT2D eigenvalue weighted by Crippen LogP contribution is 2.21. The first kappa shape index (κ1) is 38.6. The Bertz CT molecular complexity index is 946. The molecule has 1 aromatic rings. The standard InChI is InChI=1S/C31H48Cl2N2O8/c1-2-3-4-5-6-7-8-9-10-11-12-13-14-15-16-17-27(36)43-23-28(37)42-22-26(34-31(39)30(32)33)29(38)24-18-20-25(21-19-24)35(40)41/h18-21,26,29-30,38H,2-17,22-23H2,1H3,(H,34,39)/t26-,29-/m1/s1. The number of ether oxygens (including phenoxy) is 2. The van der Waals surface area contributed by atoms with Crippen molar-refractivity contribution in [2.24, 2.45) is 0 Å². The molecule has 0 aliphatic heterocycles. The molecule has 0 saturated carbocycles. The molecule has 0 aliphatic carbocycles. The summed E-state index contributed by atoms with van der Waals surface area (Å²) in [5.41, 5.74) is 0.0401. The van der Waals surface area contributed by atoms with Crippen molar-refractivity contribution in [3.8, 4) is 0 Å². The van der Waals surface area contributed by atoms with E-state index in [1.165, 1.54) is 94.9 Å². The number of amides is 1. The smallest absolute Gasteiger partial charge is 0.344 e. The fraction of sp³-hybridized carbons (Fsp3) is 0.710. The number of nitro groups is 1. The molecule has 0 aromatic heterocycles. The second-order valence-corrected chi connectivity index (χ2v) is 11.8. The van der Waals surface area contributed by atoms with E-state index in [0.717, 1.165) is 19.3 Å². The van der Waals surface area contributed by atoms with E-state index in [9.17, 15) is 29.6 Å². The number of nitrogens with one attached hydrogen (secondary N) is 1. The van der Waals surface area contributed by atoms with Crippen LogP contribution in [0.15, 0.2) is 24.3 Å². The number of nitrogens with zero attached hydrogens (tertiary/aromatic N) is 1. The molecule has 43 heavy (non-hydrogen) atoms. The van der Waals surface area contributed by atoms with Crippen LogP contribution in [0, 0.1) is 10.1 Å². The van der Waals surface area contributed by atoms with Crippen LogP contribution in [0.2, 0.25) is 0 Å². The topological polar surface area (TPSA) is 145 Å². The van der Waals surface area contributed by atoms with Gasteiger partial charge in [-0.05, 0) is 24.1 Å². The fourth-order valence-electron chi connectivity index (χ4n) is 4.56. The molecule has 1 aromatic carbocycles. The van der Waals surface area contributed by atoms with Crippen LogP contribution in [0.4, 0.5) is 5.69 Å². The molecule has 0 radical (unpaired) electrons.